The molecule has 0 aliphatic heterocycles. The maximum absolute atomic E-state index is 10.8. The standard InChI is InChI=1S/C9H16O/c1-7(8(2)10)6-9(3,4)5/h6H,1-5H3. The van der Waals surface area contributed by atoms with E-state index in [0.717, 1.165) is 5.57 Å². The molecule has 0 aromatic heterocycles. The molecule has 0 aromatic carbocycles. The molecule has 0 bridgehead atoms. The number of carbonyl (C=O) groups excluding carboxylic acids is 1. The number of hydrogen-bond acceptors (Lipinski definition) is 1. The Bertz CT molecular complexity index is 158. The van der Waals surface area contributed by atoms with E-state index in [1.165, 1.54) is 0 Å². The fraction of sp³-hybridized carbons (Fsp3) is 0.667. The average Bonchev–Trinajstić information content (AvgIpc) is 1.60. The summed E-state index contributed by atoms with van der Waals surface area (Å²) in [5.41, 5.74) is 0.975. The van der Waals surface area contributed by atoms with Crippen molar-refractivity contribution in [1.82, 2.24) is 0 Å². The van der Waals surface area contributed by atoms with Crippen LogP contribution in [-0.4, -0.2) is 5.78 Å². The first-order chi connectivity index (χ1) is 4.33. The van der Waals surface area contributed by atoms with Crippen molar-refractivity contribution in [3.63, 3.8) is 0 Å². The van der Waals surface area contributed by atoms with E-state index < -0.39 is 0 Å². The van der Waals surface area contributed by atoms with Crippen LogP contribution in [0.5, 0.6) is 0 Å². The molecule has 0 fully saturated rings. The minimum atomic E-state index is 0.121. The van der Waals surface area contributed by atoms with Crippen LogP contribution in [0.3, 0.4) is 0 Å². The van der Waals surface area contributed by atoms with Crippen LogP contribution < -0.4 is 0 Å². The van der Waals surface area contributed by atoms with Gasteiger partial charge in [0.25, 0.3) is 0 Å². The molecule has 0 saturated carbocycles. The molecule has 0 atom stereocenters. The third-order valence-corrected chi connectivity index (χ3v) is 1.20. The Balaban J connectivity index is 4.32. The molecule has 0 aromatic rings. The highest BCUT2D eigenvalue weighted by Gasteiger charge is 2.07. The minimum absolute atomic E-state index is 0.121. The Kier molecular flexibility index (Phi) is 2.82. The maximum atomic E-state index is 10.8. The third kappa shape index (κ3) is 4.30. The fourth-order valence-electron chi connectivity index (χ4n) is 0.751. The van der Waals surface area contributed by atoms with E-state index in [1.807, 2.05) is 13.0 Å². The molecule has 1 nitrogen and oxygen atoms in total. The summed E-state index contributed by atoms with van der Waals surface area (Å²) >= 11 is 0. The predicted octanol–water partition coefficient (Wildman–Crippen LogP) is 2.57. The van der Waals surface area contributed by atoms with E-state index in [1.54, 1.807) is 6.92 Å². The number of hydrogen-bond donors (Lipinski definition) is 0. The normalized spacial score (nSPS) is 13.5. The Morgan fingerprint density at radius 1 is 1.20 bits per heavy atom. The summed E-state index contributed by atoms with van der Waals surface area (Å²) in [5, 5.41) is 0. The first-order valence-corrected chi connectivity index (χ1v) is 3.53. The highest BCUT2D eigenvalue weighted by atomic mass is 16.1. The van der Waals surface area contributed by atoms with Crippen molar-refractivity contribution < 1.29 is 4.79 Å². The monoisotopic (exact) mass is 140 g/mol. The Labute approximate surface area is 63.1 Å². The van der Waals surface area contributed by atoms with E-state index in [-0.39, 0.29) is 11.2 Å². The number of allylic oxidation sites excluding steroid dienone is 2. The van der Waals surface area contributed by atoms with Crippen molar-refractivity contribution in [2.75, 3.05) is 0 Å². The van der Waals surface area contributed by atoms with Gasteiger partial charge in [-0.1, -0.05) is 26.8 Å². The van der Waals surface area contributed by atoms with Crippen molar-refractivity contribution in [3.05, 3.63) is 11.6 Å². The Morgan fingerprint density at radius 2 is 1.60 bits per heavy atom. The van der Waals surface area contributed by atoms with Gasteiger partial charge in [0.05, 0.1) is 0 Å². The lowest BCUT2D eigenvalue weighted by Crippen LogP contribution is -2.03. The molecular weight excluding hydrogens is 124 g/mol. The molecule has 0 N–H and O–H groups in total. The molecule has 0 saturated heterocycles. The van der Waals surface area contributed by atoms with Crippen LogP contribution in [0.2, 0.25) is 0 Å². The molecule has 1 heteroatoms. The fourth-order valence-corrected chi connectivity index (χ4v) is 0.751. The van der Waals surface area contributed by atoms with Crippen molar-refractivity contribution in [2.45, 2.75) is 34.6 Å². The molecule has 0 spiro atoms. The molecule has 0 rings (SSSR count). The van der Waals surface area contributed by atoms with Gasteiger partial charge in [0.1, 0.15) is 0 Å². The highest BCUT2D eigenvalue weighted by molar-refractivity contribution is 5.92. The topological polar surface area (TPSA) is 17.1 Å². The number of ketones is 1. The van der Waals surface area contributed by atoms with Crippen molar-refractivity contribution in [2.24, 2.45) is 5.41 Å². The molecule has 0 aliphatic carbocycles. The van der Waals surface area contributed by atoms with Crippen LogP contribution in [0.1, 0.15) is 34.6 Å². The highest BCUT2D eigenvalue weighted by Crippen LogP contribution is 2.17. The number of Topliss-reactive ketones (excluding diaryl/α,β-unsaturated/α-hetero) is 1. The third-order valence-electron chi connectivity index (χ3n) is 1.20. The van der Waals surface area contributed by atoms with Gasteiger partial charge < -0.3 is 0 Å². The summed E-state index contributed by atoms with van der Waals surface area (Å²) in [6.45, 7) is 9.70. The Hall–Kier alpha value is -0.590. The zero-order valence-corrected chi connectivity index (χ0v) is 7.49. The molecule has 0 unspecified atom stereocenters. The molecule has 58 valence electrons. The van der Waals surface area contributed by atoms with E-state index in [9.17, 15) is 4.79 Å². The van der Waals surface area contributed by atoms with Gasteiger partial charge >= 0.3 is 0 Å². The lowest BCUT2D eigenvalue weighted by molar-refractivity contribution is -0.113. The van der Waals surface area contributed by atoms with E-state index in [4.69, 9.17) is 0 Å². The van der Waals surface area contributed by atoms with Crippen LogP contribution in [0.25, 0.3) is 0 Å². The summed E-state index contributed by atoms with van der Waals surface area (Å²) in [6.07, 6.45) is 2.00. The van der Waals surface area contributed by atoms with Gasteiger partial charge in [0.2, 0.25) is 0 Å². The summed E-state index contributed by atoms with van der Waals surface area (Å²) in [5.74, 6) is 0.162. The van der Waals surface area contributed by atoms with Gasteiger partial charge in [-0.3, -0.25) is 4.79 Å². The Morgan fingerprint density at radius 3 is 1.70 bits per heavy atom. The van der Waals surface area contributed by atoms with Gasteiger partial charge in [-0.05, 0) is 24.8 Å². The van der Waals surface area contributed by atoms with Crippen LogP contribution in [-0.2, 0) is 4.79 Å². The molecule has 0 aliphatic rings. The van der Waals surface area contributed by atoms with Crippen LogP contribution in [0, 0.1) is 5.41 Å². The molecule has 0 radical (unpaired) electrons. The number of rotatable bonds is 1. The van der Waals surface area contributed by atoms with E-state index in [0.29, 0.717) is 0 Å². The first kappa shape index (κ1) is 9.41. The zero-order chi connectivity index (χ0) is 8.36. The van der Waals surface area contributed by atoms with Gasteiger partial charge in [0.15, 0.2) is 5.78 Å². The van der Waals surface area contributed by atoms with E-state index in [2.05, 4.69) is 20.8 Å². The summed E-state index contributed by atoms with van der Waals surface area (Å²) in [6, 6.07) is 0. The molecule has 0 heterocycles. The lowest BCUT2D eigenvalue weighted by atomic mass is 9.93. The smallest absolute Gasteiger partial charge is 0.155 e. The SMILES string of the molecule is CC(=O)C(C)=CC(C)(C)C. The summed E-state index contributed by atoms with van der Waals surface area (Å²) in [7, 11) is 0. The second kappa shape index (κ2) is 3.00. The molecule has 10 heavy (non-hydrogen) atoms. The quantitative estimate of drug-likeness (QED) is 0.511. The van der Waals surface area contributed by atoms with Crippen LogP contribution in [0.4, 0.5) is 0 Å². The second-order valence-corrected chi connectivity index (χ2v) is 3.75. The average molecular weight is 140 g/mol. The van der Waals surface area contributed by atoms with Crippen molar-refractivity contribution in [1.29, 1.82) is 0 Å². The van der Waals surface area contributed by atoms with Gasteiger partial charge in [-0.25, -0.2) is 0 Å². The maximum Gasteiger partial charge on any atom is 0.155 e. The first-order valence-electron chi connectivity index (χ1n) is 3.53. The predicted molar refractivity (Wildman–Crippen MR) is 43.9 cm³/mol. The van der Waals surface area contributed by atoms with Gasteiger partial charge in [-0.15, -0.1) is 0 Å². The lowest BCUT2D eigenvalue weighted by Gasteiger charge is -2.12. The van der Waals surface area contributed by atoms with E-state index >= 15 is 0 Å². The largest absolute Gasteiger partial charge is 0.295 e. The minimum Gasteiger partial charge on any atom is -0.295 e. The molecule has 0 amide bonds. The second-order valence-electron chi connectivity index (χ2n) is 3.75. The van der Waals surface area contributed by atoms with Crippen LogP contribution in [0.15, 0.2) is 11.6 Å². The van der Waals surface area contributed by atoms with Crippen molar-refractivity contribution in [3.8, 4) is 0 Å². The van der Waals surface area contributed by atoms with Gasteiger partial charge in [0, 0.05) is 0 Å². The van der Waals surface area contributed by atoms with Crippen molar-refractivity contribution >= 4 is 5.78 Å². The van der Waals surface area contributed by atoms with Crippen LogP contribution >= 0.6 is 0 Å². The number of carbonyl (C=O) groups is 1. The zero-order valence-electron chi connectivity index (χ0n) is 7.49. The summed E-state index contributed by atoms with van der Waals surface area (Å²) in [4.78, 5) is 10.8. The van der Waals surface area contributed by atoms with Gasteiger partial charge in [-0.2, -0.15) is 0 Å². The molecular formula is C9H16O. The summed E-state index contributed by atoms with van der Waals surface area (Å²) < 4.78 is 0.